The Balaban J connectivity index is 1.59. The molecule has 9 aromatic rings. The molecule has 0 unspecified atom stereocenters. The Labute approximate surface area is 396 Å². The standard InChI is InChI=1S/C66H74/c1-61(2,3)43-23-27-49-41(33-43)31-39-19-21-45(63(7,8)9)35-53(39)57(49)59-51-29-25-48(66(16,17)18)38-56(51)60(52-30-26-47(37-55(52)59)65(13,14)15)58-50-28-24-44(62(4,5)6)34-42(50)32-40-20-22-46(36-54(40)58)64(10,11)12/h19-38H,1-18H3. The van der Waals surface area contributed by atoms with E-state index in [1.54, 1.807) is 0 Å². The third kappa shape index (κ3) is 7.91. The average Bonchev–Trinajstić information content (AvgIpc) is 3.21. The van der Waals surface area contributed by atoms with Crippen molar-refractivity contribution in [1.82, 2.24) is 0 Å². The molecule has 0 aliphatic rings. The van der Waals surface area contributed by atoms with Crippen LogP contribution >= 0.6 is 0 Å². The van der Waals surface area contributed by atoms with Gasteiger partial charge in [0.2, 0.25) is 0 Å². The van der Waals surface area contributed by atoms with E-state index >= 15 is 0 Å². The summed E-state index contributed by atoms with van der Waals surface area (Å²) in [4.78, 5) is 0. The molecular weight excluding hydrogens is 793 g/mol. The molecule has 9 rings (SSSR count). The highest BCUT2D eigenvalue weighted by Crippen LogP contribution is 2.52. The van der Waals surface area contributed by atoms with Gasteiger partial charge in [-0.05, 0) is 189 Å². The Bertz CT molecular complexity index is 3200. The molecule has 0 heterocycles. The van der Waals surface area contributed by atoms with Crippen molar-refractivity contribution in [1.29, 1.82) is 0 Å². The molecule has 0 radical (unpaired) electrons. The zero-order valence-electron chi connectivity index (χ0n) is 43.5. The van der Waals surface area contributed by atoms with Gasteiger partial charge >= 0.3 is 0 Å². The SMILES string of the molecule is CC(C)(C)c1ccc2c(-c3c4ccc(C(C)(C)C)cc4c(-c4c5ccc(C(C)(C)C)cc5cc5ccc(C(C)(C)C)cc45)c4ccc(C(C)(C)C)cc34)c3cc(C(C)(C)C)ccc3cc2c1. The molecule has 0 heteroatoms. The fraction of sp³-hybridized carbons (Fsp3) is 0.364. The first-order valence-corrected chi connectivity index (χ1v) is 24.6. The Hall–Kier alpha value is -5.46. The van der Waals surface area contributed by atoms with E-state index in [1.807, 2.05) is 0 Å². The molecule has 0 fully saturated rings. The first-order valence-electron chi connectivity index (χ1n) is 24.6. The molecule has 9 aromatic carbocycles. The van der Waals surface area contributed by atoms with Crippen LogP contribution in [0.15, 0.2) is 121 Å². The van der Waals surface area contributed by atoms with Crippen LogP contribution < -0.4 is 0 Å². The minimum absolute atomic E-state index is 0.0142. The molecule has 0 aromatic heterocycles. The molecule has 0 atom stereocenters. The van der Waals surface area contributed by atoms with Gasteiger partial charge in [0.15, 0.2) is 0 Å². The first-order chi connectivity index (χ1) is 30.5. The quantitative estimate of drug-likeness (QED) is 0.152. The van der Waals surface area contributed by atoms with E-state index in [0.29, 0.717) is 0 Å². The number of hydrogen-bond acceptors (Lipinski definition) is 0. The normalized spacial score (nSPS) is 13.6. The van der Waals surface area contributed by atoms with Crippen molar-refractivity contribution < 1.29 is 0 Å². The van der Waals surface area contributed by atoms with Crippen molar-refractivity contribution in [3.05, 3.63) is 155 Å². The molecule has 66 heavy (non-hydrogen) atoms. The lowest BCUT2D eigenvalue weighted by molar-refractivity contribution is 0.590. The lowest BCUT2D eigenvalue weighted by Crippen LogP contribution is -2.12. The second-order valence-corrected chi connectivity index (χ2v) is 26.0. The molecular formula is C66H74. The van der Waals surface area contributed by atoms with Crippen LogP contribution in [0.2, 0.25) is 0 Å². The summed E-state index contributed by atoms with van der Waals surface area (Å²) in [6.07, 6.45) is 0. The van der Waals surface area contributed by atoms with E-state index in [4.69, 9.17) is 0 Å². The van der Waals surface area contributed by atoms with Gasteiger partial charge in [0.25, 0.3) is 0 Å². The van der Waals surface area contributed by atoms with Crippen LogP contribution in [-0.4, -0.2) is 0 Å². The van der Waals surface area contributed by atoms with Crippen LogP contribution in [-0.2, 0) is 32.5 Å². The number of fused-ring (bicyclic) bond motifs is 6. The summed E-state index contributed by atoms with van der Waals surface area (Å²) >= 11 is 0. The van der Waals surface area contributed by atoms with Gasteiger partial charge in [-0.3, -0.25) is 0 Å². The minimum Gasteiger partial charge on any atom is -0.0579 e. The highest BCUT2D eigenvalue weighted by atomic mass is 14.3. The largest absolute Gasteiger partial charge is 0.0579 e. The van der Waals surface area contributed by atoms with Crippen molar-refractivity contribution in [3.63, 3.8) is 0 Å². The van der Waals surface area contributed by atoms with Gasteiger partial charge in [0, 0.05) is 0 Å². The van der Waals surface area contributed by atoms with E-state index in [9.17, 15) is 0 Å². The number of rotatable bonds is 2. The Kier molecular flexibility index (Phi) is 10.4. The summed E-state index contributed by atoms with van der Waals surface area (Å²) in [6, 6.07) is 49.0. The summed E-state index contributed by atoms with van der Waals surface area (Å²) in [5, 5.41) is 15.6. The molecule has 0 saturated heterocycles. The summed E-state index contributed by atoms with van der Waals surface area (Å²) < 4.78 is 0. The highest BCUT2D eigenvalue weighted by Gasteiger charge is 2.28. The van der Waals surface area contributed by atoms with E-state index in [0.717, 1.165) is 0 Å². The molecule has 0 bridgehead atoms. The molecule has 0 amide bonds. The maximum Gasteiger partial charge on any atom is -0.00138 e. The van der Waals surface area contributed by atoms with Crippen LogP contribution in [0.4, 0.5) is 0 Å². The molecule has 0 aliphatic carbocycles. The van der Waals surface area contributed by atoms with Crippen LogP contribution in [0.3, 0.4) is 0 Å². The lowest BCUT2D eigenvalue weighted by Gasteiger charge is -2.28. The molecule has 0 N–H and O–H groups in total. The van der Waals surface area contributed by atoms with Gasteiger partial charge < -0.3 is 0 Å². The molecule has 0 saturated carbocycles. The summed E-state index contributed by atoms with van der Waals surface area (Å²) in [7, 11) is 0. The maximum atomic E-state index is 2.57. The molecule has 0 nitrogen and oxygen atoms in total. The van der Waals surface area contributed by atoms with Gasteiger partial charge in [0.1, 0.15) is 0 Å². The summed E-state index contributed by atoms with van der Waals surface area (Å²) in [6.45, 7) is 42.2. The van der Waals surface area contributed by atoms with E-state index < -0.39 is 0 Å². The third-order valence-corrected chi connectivity index (χ3v) is 14.7. The average molecular weight is 867 g/mol. The number of hydrogen-bond donors (Lipinski definition) is 0. The fourth-order valence-electron chi connectivity index (χ4n) is 10.3. The molecule has 0 spiro atoms. The van der Waals surface area contributed by atoms with Gasteiger partial charge in [0.05, 0.1) is 0 Å². The van der Waals surface area contributed by atoms with Crippen LogP contribution in [0.25, 0.3) is 86.9 Å². The van der Waals surface area contributed by atoms with Crippen molar-refractivity contribution in [3.8, 4) is 22.3 Å². The van der Waals surface area contributed by atoms with Crippen LogP contribution in [0.5, 0.6) is 0 Å². The van der Waals surface area contributed by atoms with E-state index in [-0.39, 0.29) is 32.5 Å². The van der Waals surface area contributed by atoms with Crippen LogP contribution in [0.1, 0.15) is 158 Å². The van der Waals surface area contributed by atoms with Gasteiger partial charge in [-0.2, -0.15) is 0 Å². The van der Waals surface area contributed by atoms with Crippen molar-refractivity contribution in [2.24, 2.45) is 0 Å². The van der Waals surface area contributed by atoms with E-state index in [2.05, 4.69) is 246 Å². The zero-order valence-corrected chi connectivity index (χ0v) is 43.5. The summed E-state index contributed by atoms with van der Waals surface area (Å²) in [5.74, 6) is 0. The number of benzene rings is 9. The first kappa shape index (κ1) is 45.7. The highest BCUT2D eigenvalue weighted by molar-refractivity contribution is 6.31. The predicted molar refractivity (Wildman–Crippen MR) is 295 cm³/mol. The van der Waals surface area contributed by atoms with Gasteiger partial charge in [-0.15, -0.1) is 0 Å². The third-order valence-electron chi connectivity index (χ3n) is 14.7. The smallest absolute Gasteiger partial charge is 0.00138 e. The monoisotopic (exact) mass is 867 g/mol. The zero-order chi connectivity index (χ0) is 47.8. The lowest BCUT2D eigenvalue weighted by atomic mass is 9.76. The Morgan fingerprint density at radius 3 is 0.697 bits per heavy atom. The van der Waals surface area contributed by atoms with Crippen molar-refractivity contribution in [2.45, 2.75) is 157 Å². The summed E-state index contributed by atoms with van der Waals surface area (Å²) in [5.41, 5.74) is 13.3. The fourth-order valence-corrected chi connectivity index (χ4v) is 10.3. The van der Waals surface area contributed by atoms with Gasteiger partial charge in [-0.25, -0.2) is 0 Å². The maximum absolute atomic E-state index is 2.57. The second kappa shape index (κ2) is 15.0. The van der Waals surface area contributed by atoms with Crippen molar-refractivity contribution >= 4 is 64.6 Å². The molecule has 338 valence electrons. The Morgan fingerprint density at radius 1 is 0.182 bits per heavy atom. The predicted octanol–water partition coefficient (Wildman–Crippen LogP) is 19.7. The van der Waals surface area contributed by atoms with E-state index in [1.165, 1.54) is 120 Å². The second-order valence-electron chi connectivity index (χ2n) is 26.0. The Morgan fingerprint density at radius 2 is 0.409 bits per heavy atom. The molecule has 0 aliphatic heterocycles. The minimum atomic E-state index is -0.0599. The topological polar surface area (TPSA) is 0 Å². The van der Waals surface area contributed by atoms with Crippen molar-refractivity contribution in [2.75, 3.05) is 0 Å². The van der Waals surface area contributed by atoms with Gasteiger partial charge in [-0.1, -0.05) is 210 Å². The van der Waals surface area contributed by atoms with Crippen LogP contribution in [0, 0.1) is 0 Å².